The maximum absolute atomic E-state index is 12.1. The van der Waals surface area contributed by atoms with Gasteiger partial charge in [0.25, 0.3) is 0 Å². The van der Waals surface area contributed by atoms with Gasteiger partial charge in [-0.1, -0.05) is 41.9 Å². The summed E-state index contributed by atoms with van der Waals surface area (Å²) < 4.78 is 33.5. The molecule has 0 unspecified atom stereocenters. The maximum atomic E-state index is 12.1. The van der Waals surface area contributed by atoms with E-state index in [1.165, 1.54) is 18.3 Å². The molecular weight excluding hydrogens is 380 g/mol. The van der Waals surface area contributed by atoms with Gasteiger partial charge in [-0.2, -0.15) is 0 Å². The molecule has 0 radical (unpaired) electrons. The Bertz CT molecular complexity index is 1050. The van der Waals surface area contributed by atoms with E-state index >= 15 is 0 Å². The largest absolute Gasteiger partial charge is 0.452 e. The minimum atomic E-state index is -4.05. The molecule has 0 saturated heterocycles. The minimum Gasteiger partial charge on any atom is -0.452 e. The Balaban J connectivity index is 1.71. The van der Waals surface area contributed by atoms with Crippen LogP contribution in [0, 0.1) is 0 Å². The van der Waals surface area contributed by atoms with E-state index in [2.05, 4.69) is 4.98 Å². The monoisotopic (exact) mass is 392 g/mol. The molecule has 26 heavy (non-hydrogen) atoms. The highest BCUT2D eigenvalue weighted by atomic mass is 35.5. The number of aromatic nitrogens is 1. The van der Waals surface area contributed by atoms with Gasteiger partial charge in [0.05, 0.1) is 16.8 Å². The number of esters is 1. The third-order valence-electron chi connectivity index (χ3n) is 3.41. The van der Waals surface area contributed by atoms with E-state index in [0.29, 0.717) is 5.76 Å². The normalized spacial score (nSPS) is 11.3. The second-order valence-electron chi connectivity index (χ2n) is 5.25. The van der Waals surface area contributed by atoms with Crippen molar-refractivity contribution in [1.29, 1.82) is 0 Å². The zero-order valence-corrected chi connectivity index (χ0v) is 14.8. The third kappa shape index (κ3) is 4.10. The van der Waals surface area contributed by atoms with Gasteiger partial charge in [0.15, 0.2) is 12.4 Å². The van der Waals surface area contributed by atoms with Gasteiger partial charge in [-0.05, 0) is 18.2 Å². The lowest BCUT2D eigenvalue weighted by atomic mass is 10.2. The number of carbonyl (C=O) groups excluding carboxylic acids is 1. The van der Waals surface area contributed by atoms with Gasteiger partial charge in [-0.15, -0.1) is 0 Å². The summed E-state index contributed by atoms with van der Waals surface area (Å²) >= 11 is 5.78. The number of hydrogen-bond acceptors (Lipinski definition) is 6. The molecule has 0 saturated carbocycles. The molecule has 0 amide bonds. The molecule has 0 aliphatic carbocycles. The number of carbonyl (C=O) groups is 1. The Hall–Kier alpha value is -2.68. The number of rotatable bonds is 5. The third-order valence-corrected chi connectivity index (χ3v) is 4.80. The van der Waals surface area contributed by atoms with Crippen LogP contribution in [0.1, 0.15) is 16.2 Å². The number of ether oxygens (including phenoxy) is 1. The molecule has 2 aromatic carbocycles. The fourth-order valence-electron chi connectivity index (χ4n) is 2.17. The van der Waals surface area contributed by atoms with Crippen LogP contribution in [-0.4, -0.2) is 19.4 Å². The fourth-order valence-corrected chi connectivity index (χ4v) is 3.24. The van der Waals surface area contributed by atoms with E-state index < -0.39 is 16.0 Å². The molecule has 0 aliphatic rings. The van der Waals surface area contributed by atoms with Gasteiger partial charge in [-0.3, -0.25) is 0 Å². The molecule has 1 aromatic heterocycles. The van der Waals surface area contributed by atoms with Gasteiger partial charge in [0.2, 0.25) is 15.9 Å². The summed E-state index contributed by atoms with van der Waals surface area (Å²) in [6.07, 6.45) is 1.53. The molecule has 0 atom stereocenters. The summed E-state index contributed by atoms with van der Waals surface area (Å²) in [6, 6.07) is 13.0. The first-order chi connectivity index (χ1) is 12.3. The summed E-state index contributed by atoms with van der Waals surface area (Å²) in [4.78, 5) is 15.8. The quantitative estimate of drug-likeness (QED) is 0.668. The Labute approximate surface area is 154 Å². The highest BCUT2D eigenvalue weighted by molar-refractivity contribution is 7.89. The molecule has 2 N–H and O–H groups in total. The SMILES string of the molecule is NS(=O)(=O)c1cc(C(=O)OCc2ncc(-c3ccccc3)o2)ccc1Cl. The van der Waals surface area contributed by atoms with Crippen molar-refractivity contribution in [2.45, 2.75) is 11.5 Å². The molecule has 0 bridgehead atoms. The smallest absolute Gasteiger partial charge is 0.338 e. The first kappa shape index (κ1) is 18.1. The number of sulfonamides is 1. The lowest BCUT2D eigenvalue weighted by molar-refractivity contribution is 0.0438. The second-order valence-corrected chi connectivity index (χ2v) is 7.19. The van der Waals surface area contributed by atoms with Gasteiger partial charge in [0, 0.05) is 5.56 Å². The first-order valence-electron chi connectivity index (χ1n) is 7.34. The topological polar surface area (TPSA) is 112 Å². The molecule has 1 heterocycles. The van der Waals surface area contributed by atoms with E-state index in [9.17, 15) is 13.2 Å². The molecule has 0 fully saturated rings. The summed E-state index contributed by atoms with van der Waals surface area (Å²) in [5, 5.41) is 4.98. The van der Waals surface area contributed by atoms with Crippen LogP contribution < -0.4 is 5.14 Å². The van der Waals surface area contributed by atoms with Crippen LogP contribution in [0.2, 0.25) is 5.02 Å². The number of primary sulfonamides is 1. The summed E-state index contributed by atoms with van der Waals surface area (Å²) in [7, 11) is -4.05. The van der Waals surface area contributed by atoms with Gasteiger partial charge >= 0.3 is 5.97 Å². The molecule has 0 spiro atoms. The Morgan fingerprint density at radius 2 is 1.92 bits per heavy atom. The highest BCUT2D eigenvalue weighted by Crippen LogP contribution is 2.23. The molecule has 3 aromatic rings. The first-order valence-corrected chi connectivity index (χ1v) is 9.26. The van der Waals surface area contributed by atoms with Crippen molar-refractivity contribution in [3.8, 4) is 11.3 Å². The predicted molar refractivity (Wildman–Crippen MR) is 93.9 cm³/mol. The van der Waals surface area contributed by atoms with Crippen molar-refractivity contribution in [3.05, 3.63) is 71.2 Å². The van der Waals surface area contributed by atoms with Crippen LogP contribution in [0.25, 0.3) is 11.3 Å². The Kier molecular flexibility index (Phi) is 5.08. The Morgan fingerprint density at radius 3 is 2.62 bits per heavy atom. The minimum absolute atomic E-state index is 0.00624. The van der Waals surface area contributed by atoms with Gasteiger partial charge in [-0.25, -0.2) is 23.3 Å². The fraction of sp³-hybridized carbons (Fsp3) is 0.0588. The van der Waals surface area contributed by atoms with E-state index in [1.54, 1.807) is 0 Å². The number of nitrogens with two attached hydrogens (primary N) is 1. The van der Waals surface area contributed by atoms with E-state index in [-0.39, 0.29) is 28.0 Å². The van der Waals surface area contributed by atoms with Crippen molar-refractivity contribution in [2.75, 3.05) is 0 Å². The van der Waals surface area contributed by atoms with Crippen LogP contribution >= 0.6 is 11.6 Å². The van der Waals surface area contributed by atoms with Crippen LogP contribution in [0.4, 0.5) is 0 Å². The van der Waals surface area contributed by atoms with Crippen LogP contribution in [0.3, 0.4) is 0 Å². The predicted octanol–water partition coefficient (Wildman–Crippen LogP) is 3.00. The summed E-state index contributed by atoms with van der Waals surface area (Å²) in [5.74, 6) is -0.0106. The lowest BCUT2D eigenvalue weighted by Crippen LogP contribution is -2.14. The van der Waals surface area contributed by atoms with Crippen molar-refractivity contribution >= 4 is 27.6 Å². The van der Waals surface area contributed by atoms with E-state index in [0.717, 1.165) is 11.6 Å². The summed E-state index contributed by atoms with van der Waals surface area (Å²) in [5.41, 5.74) is 0.835. The number of nitrogens with zero attached hydrogens (tertiary/aromatic N) is 1. The molecule has 3 rings (SSSR count). The molecule has 134 valence electrons. The highest BCUT2D eigenvalue weighted by Gasteiger charge is 2.18. The lowest BCUT2D eigenvalue weighted by Gasteiger charge is -2.06. The summed E-state index contributed by atoms with van der Waals surface area (Å²) in [6.45, 7) is -0.209. The molecule has 9 heteroatoms. The van der Waals surface area contributed by atoms with Crippen LogP contribution in [0.15, 0.2) is 64.0 Å². The van der Waals surface area contributed by atoms with Crippen molar-refractivity contribution < 1.29 is 22.4 Å². The average molecular weight is 393 g/mol. The van der Waals surface area contributed by atoms with E-state index in [1.807, 2.05) is 30.3 Å². The number of halogens is 1. The standard InChI is InChI=1S/C17H13ClN2O5S/c18-13-7-6-12(8-15(13)26(19,22)23)17(21)24-10-16-20-9-14(25-16)11-4-2-1-3-5-11/h1-9H,10H2,(H2,19,22,23). The molecule has 7 nitrogen and oxygen atoms in total. The number of oxazole rings is 1. The van der Waals surface area contributed by atoms with Crippen molar-refractivity contribution in [1.82, 2.24) is 4.98 Å². The zero-order valence-electron chi connectivity index (χ0n) is 13.3. The average Bonchev–Trinajstić information content (AvgIpc) is 3.09. The second kappa shape index (κ2) is 7.28. The zero-order chi connectivity index (χ0) is 18.7. The van der Waals surface area contributed by atoms with Crippen molar-refractivity contribution in [2.24, 2.45) is 5.14 Å². The van der Waals surface area contributed by atoms with Crippen LogP contribution in [-0.2, 0) is 21.4 Å². The van der Waals surface area contributed by atoms with Gasteiger partial charge < -0.3 is 9.15 Å². The van der Waals surface area contributed by atoms with E-state index in [4.69, 9.17) is 25.9 Å². The maximum Gasteiger partial charge on any atom is 0.338 e. The molecular formula is C17H13ClN2O5S. The Morgan fingerprint density at radius 1 is 1.19 bits per heavy atom. The van der Waals surface area contributed by atoms with Gasteiger partial charge in [0.1, 0.15) is 4.90 Å². The van der Waals surface area contributed by atoms with Crippen LogP contribution in [0.5, 0.6) is 0 Å². The number of hydrogen-bond donors (Lipinski definition) is 1. The molecule has 0 aliphatic heterocycles. The van der Waals surface area contributed by atoms with Crippen molar-refractivity contribution in [3.63, 3.8) is 0 Å². The number of benzene rings is 2.